The van der Waals surface area contributed by atoms with Gasteiger partial charge in [0.25, 0.3) is 0 Å². The van der Waals surface area contributed by atoms with Crippen molar-refractivity contribution in [2.75, 3.05) is 0 Å². The summed E-state index contributed by atoms with van der Waals surface area (Å²) in [6, 6.07) is 14.6. The third-order valence-electron chi connectivity index (χ3n) is 5.91. The second-order valence-electron chi connectivity index (χ2n) is 9.52. The van der Waals surface area contributed by atoms with Crippen LogP contribution in [0.5, 0.6) is 0 Å². The van der Waals surface area contributed by atoms with Crippen LogP contribution in [0.25, 0.3) is 0 Å². The molecule has 0 heterocycles. The van der Waals surface area contributed by atoms with E-state index in [0.29, 0.717) is 0 Å². The van der Waals surface area contributed by atoms with Gasteiger partial charge >= 0.3 is 0 Å². The van der Waals surface area contributed by atoms with Crippen molar-refractivity contribution < 1.29 is 0 Å². The zero-order valence-electron chi connectivity index (χ0n) is 17.6. The van der Waals surface area contributed by atoms with E-state index in [-0.39, 0.29) is 0 Å². The van der Waals surface area contributed by atoms with Crippen molar-refractivity contribution >= 4 is 41.8 Å². The lowest BCUT2D eigenvalue weighted by Crippen LogP contribution is -2.78. The van der Waals surface area contributed by atoms with Crippen molar-refractivity contribution in [3.05, 3.63) is 61.1 Å². The molecule has 0 amide bonds. The minimum Gasteiger partial charge on any atom is -0.399 e. The van der Waals surface area contributed by atoms with Crippen molar-refractivity contribution in [2.24, 2.45) is 0 Å². The highest BCUT2D eigenvalue weighted by Crippen LogP contribution is 2.34. The molecule has 0 N–H and O–H groups in total. The number of benzene rings is 1. The SMILES string of the molecule is C[Si](C)(C)[Si](CCCC[Si-]=C1C=C[CH+]C=C1)(c1ccccc1)[Si](C)(C)C. The van der Waals surface area contributed by atoms with Crippen LogP contribution in [-0.4, -0.2) is 36.6 Å². The average Bonchev–Trinajstić information content (AvgIpc) is 2.57. The van der Waals surface area contributed by atoms with Crippen molar-refractivity contribution in [3.8, 4) is 0 Å². The molecule has 0 aliphatic heterocycles. The van der Waals surface area contributed by atoms with Crippen LogP contribution in [0, 0.1) is 6.42 Å². The minimum atomic E-state index is -1.42. The number of hydrogen-bond acceptors (Lipinski definition) is 0. The zero-order valence-corrected chi connectivity index (χ0v) is 21.6. The van der Waals surface area contributed by atoms with Gasteiger partial charge in [-0.3, -0.25) is 0 Å². The Morgan fingerprint density at radius 1 is 0.808 bits per heavy atom. The Morgan fingerprint density at radius 2 is 1.38 bits per heavy atom. The molecule has 0 bridgehead atoms. The molecule has 4 heteroatoms. The highest BCUT2D eigenvalue weighted by atomic mass is 29.6. The first-order valence-electron chi connectivity index (χ1n) is 10.0. The molecule has 0 saturated heterocycles. The van der Waals surface area contributed by atoms with Gasteiger partial charge in [0.1, 0.15) is 0 Å². The van der Waals surface area contributed by atoms with Gasteiger partial charge in [0.2, 0.25) is 0 Å². The number of hydrogen-bond donors (Lipinski definition) is 0. The molecular weight excluding hydrogens is 377 g/mol. The summed E-state index contributed by atoms with van der Waals surface area (Å²) in [7, 11) is -2.92. The Bertz CT molecular complexity index is 630. The molecule has 140 valence electrons. The molecule has 1 aliphatic carbocycles. The first-order chi connectivity index (χ1) is 12.2. The first-order valence-corrected chi connectivity index (χ1v) is 22.4. The smallest absolute Gasteiger partial charge is 0.0735 e. The van der Waals surface area contributed by atoms with Crippen LogP contribution >= 0.6 is 0 Å². The van der Waals surface area contributed by atoms with Crippen molar-refractivity contribution in [1.82, 2.24) is 0 Å². The van der Waals surface area contributed by atoms with Crippen LogP contribution in [0.15, 0.2) is 54.6 Å². The maximum Gasteiger partial charge on any atom is 0.0735 e. The van der Waals surface area contributed by atoms with Gasteiger partial charge in [0, 0.05) is 45.9 Å². The van der Waals surface area contributed by atoms with Crippen molar-refractivity contribution in [3.63, 3.8) is 0 Å². The van der Waals surface area contributed by atoms with E-state index in [1.807, 2.05) is 0 Å². The summed E-state index contributed by atoms with van der Waals surface area (Å²) in [5.74, 6) is 0. The largest absolute Gasteiger partial charge is 0.399 e. The summed E-state index contributed by atoms with van der Waals surface area (Å²) in [5.41, 5.74) is 0. The molecule has 0 nitrogen and oxygen atoms in total. The van der Waals surface area contributed by atoms with Crippen LogP contribution in [0.2, 0.25) is 51.4 Å². The number of rotatable bonds is 8. The Morgan fingerprint density at radius 3 is 1.92 bits per heavy atom. The highest BCUT2D eigenvalue weighted by Gasteiger charge is 2.54. The summed E-state index contributed by atoms with van der Waals surface area (Å²) in [6.07, 6.45) is 13.9. The van der Waals surface area contributed by atoms with Gasteiger partial charge in [-0.2, -0.15) is 6.04 Å². The van der Waals surface area contributed by atoms with Gasteiger partial charge in [-0.1, -0.05) is 93.7 Å². The maximum atomic E-state index is 2.66. The predicted octanol–water partition coefficient (Wildman–Crippen LogP) is 5.58. The lowest BCUT2D eigenvalue weighted by atomic mass is 10.2. The lowest BCUT2D eigenvalue weighted by molar-refractivity contribution is 0.873. The summed E-state index contributed by atoms with van der Waals surface area (Å²) < 4.78 is 0. The molecule has 0 atom stereocenters. The topological polar surface area (TPSA) is 0 Å². The third-order valence-corrected chi connectivity index (χ3v) is 46.9. The lowest BCUT2D eigenvalue weighted by Gasteiger charge is -2.51. The Balaban J connectivity index is 2.16. The second-order valence-corrected chi connectivity index (χ2v) is 38.5. The Hall–Kier alpha value is -0.692. The van der Waals surface area contributed by atoms with E-state index in [1.165, 1.54) is 30.1 Å². The van der Waals surface area contributed by atoms with E-state index < -0.39 is 22.3 Å². The van der Waals surface area contributed by atoms with Crippen LogP contribution < -0.4 is 5.19 Å². The van der Waals surface area contributed by atoms with Crippen molar-refractivity contribution in [1.29, 1.82) is 0 Å². The molecule has 0 saturated carbocycles. The molecule has 26 heavy (non-hydrogen) atoms. The minimum absolute atomic E-state index is 0.976. The van der Waals surface area contributed by atoms with E-state index in [0.717, 1.165) is 9.13 Å². The van der Waals surface area contributed by atoms with E-state index in [1.54, 1.807) is 5.19 Å². The Labute approximate surface area is 166 Å². The van der Waals surface area contributed by atoms with Crippen molar-refractivity contribution in [2.45, 2.75) is 64.2 Å². The molecule has 0 spiro atoms. The highest BCUT2D eigenvalue weighted by molar-refractivity contribution is 7.72. The molecule has 0 fully saturated rings. The number of allylic oxidation sites excluding steroid dienone is 4. The summed E-state index contributed by atoms with van der Waals surface area (Å²) >= 11 is 0. The van der Waals surface area contributed by atoms with Crippen LogP contribution in [0.3, 0.4) is 0 Å². The molecule has 0 aromatic heterocycles. The van der Waals surface area contributed by atoms with Crippen LogP contribution in [-0.2, 0) is 0 Å². The van der Waals surface area contributed by atoms with Gasteiger partial charge < -0.3 is 9.13 Å². The normalized spacial score (nSPS) is 15.1. The molecule has 0 radical (unpaired) electrons. The Kier molecular flexibility index (Phi) is 7.48. The summed E-state index contributed by atoms with van der Waals surface area (Å²) in [4.78, 5) is 0. The first kappa shape index (κ1) is 21.6. The predicted molar refractivity (Wildman–Crippen MR) is 131 cm³/mol. The molecule has 0 unspecified atom stereocenters. The molecule has 2 rings (SSSR count). The van der Waals surface area contributed by atoms with Gasteiger partial charge in [-0.25, -0.2) is 0 Å². The van der Waals surface area contributed by atoms with E-state index in [9.17, 15) is 0 Å². The summed E-state index contributed by atoms with van der Waals surface area (Å²) in [5, 5.41) is 3.29. The molecule has 1 aromatic carbocycles. The monoisotopic (exact) mass is 412 g/mol. The molecule has 1 aromatic rings. The second kappa shape index (κ2) is 9.00. The maximum absolute atomic E-state index is 2.66. The van der Waals surface area contributed by atoms with Gasteiger partial charge in [0.05, 0.1) is 7.11 Å². The fourth-order valence-electron chi connectivity index (χ4n) is 4.91. The standard InChI is InChI=1S/C22H36Si4/c1-24(2,3)26(25(4,5)6,22-17-11-8-12-18-22)20-14-13-19-23-21-15-9-7-10-16-21/h7-12,15-18H,13-14,19-20H2,1-6H3. The number of unbranched alkanes of at least 4 members (excludes halogenated alkanes) is 1. The van der Waals surface area contributed by atoms with E-state index in [4.69, 9.17) is 0 Å². The van der Waals surface area contributed by atoms with Crippen LogP contribution in [0.1, 0.15) is 12.8 Å². The van der Waals surface area contributed by atoms with Crippen LogP contribution in [0.4, 0.5) is 0 Å². The fourth-order valence-corrected chi connectivity index (χ4v) is 52.1. The molecular formula is C22H36Si4. The zero-order chi connectivity index (χ0) is 19.3. The van der Waals surface area contributed by atoms with E-state index in [2.05, 4.69) is 100 Å². The van der Waals surface area contributed by atoms with Gasteiger partial charge in [-0.05, 0) is 0 Å². The third kappa shape index (κ3) is 4.97. The molecule has 1 aliphatic rings. The summed E-state index contributed by atoms with van der Waals surface area (Å²) in [6.45, 7) is 16.0. The fraction of sp³-hybridized carbons (Fsp3) is 0.455. The van der Waals surface area contributed by atoms with Gasteiger partial charge in [0.15, 0.2) is 0 Å². The quantitative estimate of drug-likeness (QED) is 0.297. The van der Waals surface area contributed by atoms with E-state index >= 15 is 0 Å². The van der Waals surface area contributed by atoms with Gasteiger partial charge in [-0.15, -0.1) is 5.17 Å². The average molecular weight is 413 g/mol.